The quantitative estimate of drug-likeness (QED) is 0.250. The summed E-state index contributed by atoms with van der Waals surface area (Å²) >= 11 is 13.3. The molecule has 0 saturated carbocycles. The van der Waals surface area contributed by atoms with Crippen LogP contribution in [0.15, 0.2) is 47.6 Å². The number of thioether (sulfide) groups is 1. The molecule has 0 bridgehead atoms. The molecular weight excluding hydrogens is 439 g/mol. The number of benzene rings is 2. The number of amides is 1. The first kappa shape index (κ1) is 20.9. The number of nitrogens with two attached hydrogens (primary N) is 1. The van der Waals surface area contributed by atoms with Gasteiger partial charge in [-0.1, -0.05) is 35.0 Å². The number of nitro groups is 1. The van der Waals surface area contributed by atoms with Crippen LogP contribution in [0, 0.1) is 10.1 Å². The maximum absolute atomic E-state index is 12.4. The van der Waals surface area contributed by atoms with E-state index in [1.54, 1.807) is 25.1 Å². The zero-order chi connectivity index (χ0) is 21.1. The van der Waals surface area contributed by atoms with Crippen LogP contribution in [0.4, 0.5) is 11.4 Å². The third kappa shape index (κ3) is 4.78. The van der Waals surface area contributed by atoms with Gasteiger partial charge in [-0.2, -0.15) is 0 Å². The van der Waals surface area contributed by atoms with Gasteiger partial charge in [0.05, 0.1) is 15.2 Å². The zero-order valence-electron chi connectivity index (χ0n) is 14.9. The summed E-state index contributed by atoms with van der Waals surface area (Å²) in [5.41, 5.74) is 0.895. The van der Waals surface area contributed by atoms with Gasteiger partial charge in [-0.15, -0.1) is 10.2 Å². The number of rotatable bonds is 6. The molecule has 0 aliphatic carbocycles. The highest BCUT2D eigenvalue weighted by molar-refractivity contribution is 8.00. The van der Waals surface area contributed by atoms with Gasteiger partial charge in [-0.25, -0.2) is 4.68 Å². The fourth-order valence-corrected chi connectivity index (χ4v) is 3.48. The number of carbonyl (C=O) groups excluding carboxylic acids is 1. The lowest BCUT2D eigenvalue weighted by molar-refractivity contribution is -0.384. The molecule has 12 heteroatoms. The average molecular weight is 453 g/mol. The summed E-state index contributed by atoms with van der Waals surface area (Å²) in [5, 5.41) is 22.1. The van der Waals surface area contributed by atoms with Crippen LogP contribution in [0.25, 0.3) is 11.4 Å². The van der Waals surface area contributed by atoms with Crippen LogP contribution in [0.1, 0.15) is 6.92 Å². The van der Waals surface area contributed by atoms with E-state index in [2.05, 4.69) is 15.5 Å². The molecule has 1 atom stereocenters. The highest BCUT2D eigenvalue weighted by atomic mass is 35.5. The summed E-state index contributed by atoms with van der Waals surface area (Å²) in [6.07, 6.45) is 0. The van der Waals surface area contributed by atoms with Crippen LogP contribution in [0.2, 0.25) is 10.0 Å². The molecule has 1 amide bonds. The van der Waals surface area contributed by atoms with Crippen LogP contribution < -0.4 is 11.2 Å². The van der Waals surface area contributed by atoms with Gasteiger partial charge in [0.1, 0.15) is 0 Å². The number of anilines is 1. The van der Waals surface area contributed by atoms with Crippen molar-refractivity contribution in [3.05, 3.63) is 62.6 Å². The van der Waals surface area contributed by atoms with Crippen LogP contribution >= 0.6 is 35.0 Å². The van der Waals surface area contributed by atoms with E-state index in [1.807, 2.05) is 0 Å². The van der Waals surface area contributed by atoms with Gasteiger partial charge < -0.3 is 11.2 Å². The van der Waals surface area contributed by atoms with E-state index in [0.29, 0.717) is 32.3 Å². The Morgan fingerprint density at radius 2 is 1.93 bits per heavy atom. The van der Waals surface area contributed by atoms with Crippen LogP contribution in [-0.4, -0.2) is 31.0 Å². The Morgan fingerprint density at radius 3 is 2.59 bits per heavy atom. The number of hydrogen-bond donors (Lipinski definition) is 2. The normalized spacial score (nSPS) is 11.8. The number of nitrogen functional groups attached to an aromatic ring is 1. The standard InChI is InChI=1S/C17H14Cl2N6O3S/c1-9(16(26)21-11-3-5-12(6-4-11)25(27)28)29-17-23-22-15(24(17)20)13-8-10(18)2-7-14(13)19/h2-9H,20H2,1H3,(H,21,26). The molecule has 0 spiro atoms. The molecule has 3 rings (SSSR count). The van der Waals surface area contributed by atoms with Gasteiger partial charge in [0.25, 0.3) is 5.69 Å². The molecule has 0 radical (unpaired) electrons. The number of nitrogens with one attached hydrogen (secondary N) is 1. The highest BCUT2D eigenvalue weighted by Crippen LogP contribution is 2.31. The molecule has 0 fully saturated rings. The Kier molecular flexibility index (Phi) is 6.26. The first-order valence-corrected chi connectivity index (χ1v) is 9.77. The van der Waals surface area contributed by atoms with Crippen molar-refractivity contribution in [2.45, 2.75) is 17.3 Å². The molecule has 0 aliphatic heterocycles. The smallest absolute Gasteiger partial charge is 0.269 e. The Bertz CT molecular complexity index is 1070. The fourth-order valence-electron chi connectivity index (χ4n) is 2.33. The van der Waals surface area contributed by atoms with Crippen molar-refractivity contribution in [2.75, 3.05) is 11.2 Å². The minimum Gasteiger partial charge on any atom is -0.335 e. The minimum absolute atomic E-state index is 0.0612. The molecule has 3 aromatic rings. The Balaban J connectivity index is 1.71. The topological polar surface area (TPSA) is 129 Å². The molecule has 3 N–H and O–H groups in total. The average Bonchev–Trinajstić information content (AvgIpc) is 3.04. The summed E-state index contributed by atoms with van der Waals surface area (Å²) in [6, 6.07) is 10.4. The Morgan fingerprint density at radius 1 is 1.24 bits per heavy atom. The van der Waals surface area contributed by atoms with Gasteiger partial charge >= 0.3 is 0 Å². The Labute approximate surface area is 179 Å². The lowest BCUT2D eigenvalue weighted by atomic mass is 10.2. The largest absolute Gasteiger partial charge is 0.335 e. The van der Waals surface area contributed by atoms with Crippen molar-refractivity contribution in [3.63, 3.8) is 0 Å². The summed E-state index contributed by atoms with van der Waals surface area (Å²) < 4.78 is 1.23. The first-order chi connectivity index (χ1) is 13.8. The number of aromatic nitrogens is 3. The van der Waals surface area contributed by atoms with Crippen molar-refractivity contribution in [2.24, 2.45) is 0 Å². The Hall–Kier alpha value is -2.82. The summed E-state index contributed by atoms with van der Waals surface area (Å²) in [7, 11) is 0. The van der Waals surface area contributed by atoms with Gasteiger partial charge in [-0.05, 0) is 37.3 Å². The van der Waals surface area contributed by atoms with Crippen molar-refractivity contribution in [3.8, 4) is 11.4 Å². The highest BCUT2D eigenvalue weighted by Gasteiger charge is 2.21. The molecule has 0 saturated heterocycles. The van der Waals surface area contributed by atoms with Crippen LogP contribution in [0.5, 0.6) is 0 Å². The van der Waals surface area contributed by atoms with Gasteiger partial charge in [0.2, 0.25) is 11.1 Å². The molecule has 1 aromatic heterocycles. The number of non-ortho nitro benzene ring substituents is 1. The molecule has 29 heavy (non-hydrogen) atoms. The molecule has 1 unspecified atom stereocenters. The van der Waals surface area contributed by atoms with E-state index >= 15 is 0 Å². The first-order valence-electron chi connectivity index (χ1n) is 8.14. The fraction of sp³-hybridized carbons (Fsp3) is 0.118. The van der Waals surface area contributed by atoms with E-state index in [-0.39, 0.29) is 11.6 Å². The summed E-state index contributed by atoms with van der Waals surface area (Å²) in [4.78, 5) is 22.6. The summed E-state index contributed by atoms with van der Waals surface area (Å²) in [6.45, 7) is 1.67. The predicted molar refractivity (Wildman–Crippen MR) is 113 cm³/mol. The van der Waals surface area contributed by atoms with E-state index in [0.717, 1.165) is 11.8 Å². The maximum atomic E-state index is 12.4. The van der Waals surface area contributed by atoms with E-state index < -0.39 is 10.2 Å². The second kappa shape index (κ2) is 8.68. The monoisotopic (exact) mass is 452 g/mol. The number of hydrogen-bond acceptors (Lipinski definition) is 7. The van der Waals surface area contributed by atoms with E-state index in [9.17, 15) is 14.9 Å². The number of halogens is 2. The second-order valence-corrected chi connectivity index (χ2v) is 8.01. The van der Waals surface area contributed by atoms with Gasteiger partial charge in [0, 0.05) is 28.4 Å². The lowest BCUT2D eigenvalue weighted by Gasteiger charge is -2.11. The van der Waals surface area contributed by atoms with Crippen molar-refractivity contribution < 1.29 is 9.72 Å². The second-order valence-electron chi connectivity index (χ2n) is 5.85. The third-order valence-electron chi connectivity index (χ3n) is 3.83. The predicted octanol–water partition coefficient (Wildman–Crippen LogP) is 3.99. The van der Waals surface area contributed by atoms with Crippen LogP contribution in [0.3, 0.4) is 0 Å². The lowest BCUT2D eigenvalue weighted by Crippen LogP contribution is -2.23. The number of nitrogens with zero attached hydrogens (tertiary/aromatic N) is 4. The van der Waals surface area contributed by atoms with Crippen LogP contribution in [-0.2, 0) is 4.79 Å². The molecule has 9 nitrogen and oxygen atoms in total. The van der Waals surface area contributed by atoms with Crippen molar-refractivity contribution in [1.82, 2.24) is 14.9 Å². The molecule has 2 aromatic carbocycles. The molecule has 0 aliphatic rings. The maximum Gasteiger partial charge on any atom is 0.269 e. The van der Waals surface area contributed by atoms with E-state index in [1.165, 1.54) is 28.9 Å². The van der Waals surface area contributed by atoms with E-state index in [4.69, 9.17) is 29.0 Å². The molecule has 150 valence electrons. The number of carbonyl (C=O) groups is 1. The van der Waals surface area contributed by atoms with Crippen molar-refractivity contribution >= 4 is 52.2 Å². The summed E-state index contributed by atoms with van der Waals surface area (Å²) in [5.74, 6) is 6.06. The van der Waals surface area contributed by atoms with Gasteiger partial charge in [-0.3, -0.25) is 14.9 Å². The van der Waals surface area contributed by atoms with Crippen molar-refractivity contribution in [1.29, 1.82) is 0 Å². The third-order valence-corrected chi connectivity index (χ3v) is 5.45. The minimum atomic E-state index is -0.570. The SMILES string of the molecule is CC(Sc1nnc(-c2cc(Cl)ccc2Cl)n1N)C(=O)Nc1ccc([N+](=O)[O-])cc1. The number of nitro benzene ring substituents is 1. The molecular formula is C17H14Cl2N6O3S. The zero-order valence-corrected chi connectivity index (χ0v) is 17.2. The molecule has 1 heterocycles. The van der Waals surface area contributed by atoms with Gasteiger partial charge in [0.15, 0.2) is 5.82 Å².